The van der Waals surface area contributed by atoms with E-state index in [4.69, 9.17) is 9.47 Å². The predicted octanol–water partition coefficient (Wildman–Crippen LogP) is 2.36. The van der Waals surface area contributed by atoms with Gasteiger partial charge >= 0.3 is 0 Å². The standard InChI is InChI=1S/C27H33N3O6S/c1-37(33,34)24-4-2-3-23(14-24)35-18-22(31)16-29-21-15-27(36-17-21)8-11-30(12-9-27)26(32)20-6-5-19-7-10-28-25(19)13-20/h2-7,10,13-14,21-22,28-29,31H,8-9,11-12,15-18H2,1H3. The number of likely N-dealkylation sites (tertiary alicyclic amines) is 1. The SMILES string of the molecule is CS(=O)(=O)c1cccc(OCC(O)CNC2COC3(CCN(C(=O)c4ccc5cc[nH]c5c4)CC3)C2)c1. The van der Waals surface area contributed by atoms with Gasteiger partial charge in [-0.3, -0.25) is 4.79 Å². The minimum atomic E-state index is -3.32. The third kappa shape index (κ3) is 5.98. The summed E-state index contributed by atoms with van der Waals surface area (Å²) < 4.78 is 35.2. The van der Waals surface area contributed by atoms with Crippen LogP contribution in [-0.2, 0) is 14.6 Å². The lowest BCUT2D eigenvalue weighted by Gasteiger charge is -2.38. The number of aromatic nitrogens is 1. The molecule has 2 fully saturated rings. The molecule has 1 amide bonds. The molecule has 0 aliphatic carbocycles. The number of nitrogens with zero attached hydrogens (tertiary/aromatic N) is 1. The van der Waals surface area contributed by atoms with Crippen LogP contribution in [0.5, 0.6) is 5.75 Å². The first-order valence-electron chi connectivity index (χ1n) is 12.6. The fraction of sp³-hybridized carbons (Fsp3) is 0.444. The molecule has 2 aliphatic heterocycles. The molecule has 9 nitrogen and oxygen atoms in total. The highest BCUT2D eigenvalue weighted by molar-refractivity contribution is 7.90. The van der Waals surface area contributed by atoms with Crippen LogP contribution in [-0.4, -0.2) is 86.2 Å². The minimum Gasteiger partial charge on any atom is -0.491 e. The van der Waals surface area contributed by atoms with Gasteiger partial charge in [0.2, 0.25) is 0 Å². The molecular formula is C27H33N3O6S. The number of aliphatic hydroxyl groups excluding tert-OH is 1. The monoisotopic (exact) mass is 527 g/mol. The Morgan fingerprint density at radius 2 is 2.05 bits per heavy atom. The predicted molar refractivity (Wildman–Crippen MR) is 140 cm³/mol. The van der Waals surface area contributed by atoms with Gasteiger partial charge in [-0.25, -0.2) is 8.42 Å². The quantitative estimate of drug-likeness (QED) is 0.411. The molecule has 2 saturated heterocycles. The molecular weight excluding hydrogens is 494 g/mol. The zero-order valence-corrected chi connectivity index (χ0v) is 21.7. The second-order valence-corrected chi connectivity index (χ2v) is 12.1. The van der Waals surface area contributed by atoms with E-state index in [0.29, 0.717) is 37.6 Å². The average molecular weight is 528 g/mol. The fourth-order valence-electron chi connectivity index (χ4n) is 5.15. The number of aromatic amines is 1. The number of aliphatic hydroxyl groups is 1. The summed E-state index contributed by atoms with van der Waals surface area (Å²) in [6, 6.07) is 14.1. The van der Waals surface area contributed by atoms with Crippen LogP contribution < -0.4 is 10.1 Å². The number of piperidine rings is 1. The van der Waals surface area contributed by atoms with E-state index in [1.807, 2.05) is 35.4 Å². The van der Waals surface area contributed by atoms with Crippen molar-refractivity contribution >= 4 is 26.6 Å². The Labute approximate surface area is 216 Å². The number of carbonyl (C=O) groups is 1. The maximum absolute atomic E-state index is 13.0. The van der Waals surface area contributed by atoms with Crippen molar-refractivity contribution in [1.29, 1.82) is 0 Å². The molecule has 198 valence electrons. The second-order valence-electron chi connectivity index (χ2n) is 10.1. The Balaban J connectivity index is 1.06. The third-order valence-electron chi connectivity index (χ3n) is 7.29. The topological polar surface area (TPSA) is 121 Å². The van der Waals surface area contributed by atoms with Crippen LogP contribution in [0.25, 0.3) is 10.9 Å². The summed E-state index contributed by atoms with van der Waals surface area (Å²) in [6.45, 7) is 2.24. The zero-order valence-electron chi connectivity index (χ0n) is 20.9. The van der Waals surface area contributed by atoms with Crippen molar-refractivity contribution < 1.29 is 27.8 Å². The van der Waals surface area contributed by atoms with Gasteiger partial charge in [-0.2, -0.15) is 0 Å². The van der Waals surface area contributed by atoms with Crippen molar-refractivity contribution in [3.05, 3.63) is 60.3 Å². The number of fused-ring (bicyclic) bond motifs is 1. The lowest BCUT2D eigenvalue weighted by atomic mass is 9.87. The van der Waals surface area contributed by atoms with Gasteiger partial charge in [0.25, 0.3) is 5.91 Å². The van der Waals surface area contributed by atoms with E-state index < -0.39 is 15.9 Å². The number of carbonyl (C=O) groups excluding carboxylic acids is 1. The number of hydrogen-bond donors (Lipinski definition) is 3. The number of rotatable bonds is 8. The van der Waals surface area contributed by atoms with Crippen molar-refractivity contribution in [2.45, 2.75) is 41.9 Å². The number of nitrogens with one attached hydrogen (secondary N) is 2. The molecule has 0 radical (unpaired) electrons. The maximum atomic E-state index is 13.0. The molecule has 2 aliphatic rings. The maximum Gasteiger partial charge on any atom is 0.253 e. The summed E-state index contributed by atoms with van der Waals surface area (Å²) in [6.07, 6.45) is 4.65. The van der Waals surface area contributed by atoms with E-state index in [0.717, 1.165) is 36.4 Å². The molecule has 1 spiro atoms. The molecule has 3 aromatic rings. The van der Waals surface area contributed by atoms with E-state index >= 15 is 0 Å². The third-order valence-corrected chi connectivity index (χ3v) is 8.40. The molecule has 2 atom stereocenters. The van der Waals surface area contributed by atoms with E-state index in [-0.39, 0.29) is 29.1 Å². The van der Waals surface area contributed by atoms with Crippen LogP contribution >= 0.6 is 0 Å². The Hall–Kier alpha value is -2.92. The Kier molecular flexibility index (Phi) is 7.26. The van der Waals surface area contributed by atoms with Crippen LogP contribution in [0.1, 0.15) is 29.6 Å². The molecule has 0 saturated carbocycles. The van der Waals surface area contributed by atoms with Crippen LogP contribution in [0.3, 0.4) is 0 Å². The van der Waals surface area contributed by atoms with Gasteiger partial charge in [-0.15, -0.1) is 0 Å². The fourth-order valence-corrected chi connectivity index (χ4v) is 5.81. The summed E-state index contributed by atoms with van der Waals surface area (Å²) in [4.78, 5) is 18.3. The minimum absolute atomic E-state index is 0.0456. The van der Waals surface area contributed by atoms with Gasteiger partial charge in [0, 0.05) is 49.2 Å². The normalized spacial score (nSPS) is 20.4. The lowest BCUT2D eigenvalue weighted by Crippen LogP contribution is -2.47. The Morgan fingerprint density at radius 1 is 1.24 bits per heavy atom. The molecule has 2 aromatic carbocycles. The first-order valence-corrected chi connectivity index (χ1v) is 14.4. The second kappa shape index (κ2) is 10.4. The highest BCUT2D eigenvalue weighted by Gasteiger charge is 2.43. The van der Waals surface area contributed by atoms with Crippen LogP contribution in [0, 0.1) is 0 Å². The van der Waals surface area contributed by atoms with Gasteiger partial charge in [0.15, 0.2) is 9.84 Å². The van der Waals surface area contributed by atoms with Crippen molar-refractivity contribution in [2.75, 3.05) is 39.1 Å². The van der Waals surface area contributed by atoms with Crippen molar-refractivity contribution in [3.8, 4) is 5.75 Å². The van der Waals surface area contributed by atoms with Crippen LogP contribution in [0.4, 0.5) is 0 Å². The number of benzene rings is 2. The van der Waals surface area contributed by atoms with Crippen molar-refractivity contribution in [2.24, 2.45) is 0 Å². The molecule has 1 aromatic heterocycles. The molecule has 0 bridgehead atoms. The number of sulfone groups is 1. The van der Waals surface area contributed by atoms with Crippen molar-refractivity contribution in [1.82, 2.24) is 15.2 Å². The smallest absolute Gasteiger partial charge is 0.253 e. The summed E-state index contributed by atoms with van der Waals surface area (Å²) in [5.74, 6) is 0.448. The molecule has 37 heavy (non-hydrogen) atoms. The molecule has 3 N–H and O–H groups in total. The first kappa shape index (κ1) is 25.7. The largest absolute Gasteiger partial charge is 0.491 e. The summed E-state index contributed by atoms with van der Waals surface area (Å²) in [5, 5.41) is 14.8. The van der Waals surface area contributed by atoms with E-state index in [1.165, 1.54) is 12.1 Å². The summed E-state index contributed by atoms with van der Waals surface area (Å²) >= 11 is 0. The average Bonchev–Trinajstić information content (AvgIpc) is 3.52. The molecule has 5 rings (SSSR count). The summed E-state index contributed by atoms with van der Waals surface area (Å²) in [7, 11) is -3.32. The zero-order chi connectivity index (χ0) is 26.0. The Morgan fingerprint density at radius 3 is 2.84 bits per heavy atom. The van der Waals surface area contributed by atoms with Gasteiger partial charge < -0.3 is 29.8 Å². The van der Waals surface area contributed by atoms with Crippen LogP contribution in [0.2, 0.25) is 0 Å². The lowest BCUT2D eigenvalue weighted by molar-refractivity contribution is -0.0389. The van der Waals surface area contributed by atoms with Crippen LogP contribution in [0.15, 0.2) is 59.6 Å². The van der Waals surface area contributed by atoms with Gasteiger partial charge in [0.1, 0.15) is 18.5 Å². The van der Waals surface area contributed by atoms with Gasteiger partial charge in [-0.1, -0.05) is 12.1 Å². The Bertz CT molecular complexity index is 1360. The molecule has 2 unspecified atom stereocenters. The summed E-state index contributed by atoms with van der Waals surface area (Å²) in [5.41, 5.74) is 1.41. The number of amides is 1. The number of ether oxygens (including phenoxy) is 2. The molecule has 10 heteroatoms. The van der Waals surface area contributed by atoms with E-state index in [1.54, 1.807) is 12.1 Å². The number of H-pyrrole nitrogens is 1. The first-order chi connectivity index (χ1) is 17.7. The van der Waals surface area contributed by atoms with Gasteiger partial charge in [0.05, 0.1) is 17.1 Å². The van der Waals surface area contributed by atoms with E-state index in [9.17, 15) is 18.3 Å². The highest BCUT2D eigenvalue weighted by atomic mass is 32.2. The van der Waals surface area contributed by atoms with Gasteiger partial charge in [-0.05, 0) is 61.0 Å². The van der Waals surface area contributed by atoms with E-state index in [2.05, 4.69) is 10.3 Å². The number of hydrogen-bond acceptors (Lipinski definition) is 7. The molecule has 3 heterocycles. The van der Waals surface area contributed by atoms with Crippen molar-refractivity contribution in [3.63, 3.8) is 0 Å². The highest BCUT2D eigenvalue weighted by Crippen LogP contribution is 2.36.